The van der Waals surface area contributed by atoms with Gasteiger partial charge in [-0.25, -0.2) is 4.39 Å². The van der Waals surface area contributed by atoms with E-state index in [1.54, 1.807) is 12.1 Å². The van der Waals surface area contributed by atoms with Crippen molar-refractivity contribution in [1.82, 2.24) is 0 Å². The topological polar surface area (TPSA) is 9.23 Å². The van der Waals surface area contributed by atoms with E-state index in [0.717, 1.165) is 42.4 Å². The van der Waals surface area contributed by atoms with E-state index in [1.807, 2.05) is 0 Å². The molecular formula is C24H37FO. The first kappa shape index (κ1) is 19.7. The molecule has 0 amide bonds. The molecule has 1 aromatic carbocycles. The molecule has 2 aliphatic rings. The third kappa shape index (κ3) is 5.99. The molecule has 0 radical (unpaired) electrons. The Balaban J connectivity index is 1.27. The fourth-order valence-corrected chi connectivity index (χ4v) is 5.40. The normalized spacial score (nSPS) is 29.5. The van der Waals surface area contributed by atoms with Gasteiger partial charge in [0.15, 0.2) is 0 Å². The van der Waals surface area contributed by atoms with Gasteiger partial charge in [0.1, 0.15) is 11.6 Å². The molecular weight excluding hydrogens is 323 g/mol. The summed E-state index contributed by atoms with van der Waals surface area (Å²) in [6, 6.07) is 6.37. The predicted molar refractivity (Wildman–Crippen MR) is 107 cm³/mol. The van der Waals surface area contributed by atoms with Crippen LogP contribution in [0.25, 0.3) is 0 Å². The molecule has 26 heavy (non-hydrogen) atoms. The number of benzene rings is 1. The Bertz CT molecular complexity index is 495. The lowest BCUT2D eigenvalue weighted by Crippen LogP contribution is -2.26. The second kappa shape index (κ2) is 10.3. The Morgan fingerprint density at radius 3 is 1.88 bits per heavy atom. The van der Waals surface area contributed by atoms with Gasteiger partial charge in [-0.1, -0.05) is 45.4 Å². The number of halogens is 1. The van der Waals surface area contributed by atoms with Crippen LogP contribution >= 0.6 is 0 Å². The van der Waals surface area contributed by atoms with E-state index in [1.165, 1.54) is 82.8 Å². The van der Waals surface area contributed by atoms with E-state index in [0.29, 0.717) is 0 Å². The van der Waals surface area contributed by atoms with Gasteiger partial charge in [-0.2, -0.15) is 0 Å². The Kier molecular flexibility index (Phi) is 7.83. The van der Waals surface area contributed by atoms with Gasteiger partial charge >= 0.3 is 0 Å². The van der Waals surface area contributed by atoms with Crippen molar-refractivity contribution in [3.05, 3.63) is 30.1 Å². The lowest BCUT2D eigenvalue weighted by molar-refractivity contribution is 0.138. The maximum absolute atomic E-state index is 12.9. The minimum Gasteiger partial charge on any atom is -0.494 e. The van der Waals surface area contributed by atoms with Crippen molar-refractivity contribution in [2.45, 2.75) is 84.0 Å². The van der Waals surface area contributed by atoms with Gasteiger partial charge in [0.2, 0.25) is 0 Å². The van der Waals surface area contributed by atoms with Crippen LogP contribution in [0.5, 0.6) is 5.75 Å². The van der Waals surface area contributed by atoms with Crippen molar-refractivity contribution in [1.29, 1.82) is 0 Å². The van der Waals surface area contributed by atoms with Crippen LogP contribution in [0.2, 0.25) is 0 Å². The van der Waals surface area contributed by atoms with Crippen LogP contribution in [0, 0.1) is 29.5 Å². The average molecular weight is 361 g/mol. The van der Waals surface area contributed by atoms with Crippen LogP contribution in [0.4, 0.5) is 4.39 Å². The van der Waals surface area contributed by atoms with Crippen molar-refractivity contribution in [3.63, 3.8) is 0 Å². The molecule has 146 valence electrons. The molecule has 0 saturated heterocycles. The van der Waals surface area contributed by atoms with Crippen molar-refractivity contribution >= 4 is 0 Å². The van der Waals surface area contributed by atoms with Crippen LogP contribution in [0.15, 0.2) is 24.3 Å². The fourth-order valence-electron chi connectivity index (χ4n) is 5.40. The molecule has 2 heteroatoms. The number of hydrogen-bond acceptors (Lipinski definition) is 1. The molecule has 0 atom stereocenters. The maximum atomic E-state index is 12.9. The highest BCUT2D eigenvalue weighted by molar-refractivity contribution is 5.21. The quantitative estimate of drug-likeness (QED) is 0.439. The van der Waals surface area contributed by atoms with Gasteiger partial charge in [-0.3, -0.25) is 0 Å². The monoisotopic (exact) mass is 360 g/mol. The van der Waals surface area contributed by atoms with E-state index in [2.05, 4.69) is 6.92 Å². The summed E-state index contributed by atoms with van der Waals surface area (Å²) in [5, 5.41) is 0. The molecule has 0 aliphatic heterocycles. The third-order valence-corrected chi connectivity index (χ3v) is 6.99. The van der Waals surface area contributed by atoms with Gasteiger partial charge in [0.05, 0.1) is 6.61 Å². The zero-order chi connectivity index (χ0) is 18.2. The Morgan fingerprint density at radius 2 is 1.35 bits per heavy atom. The number of hydrogen-bond donors (Lipinski definition) is 0. The molecule has 0 unspecified atom stereocenters. The minimum atomic E-state index is -0.201. The smallest absolute Gasteiger partial charge is 0.123 e. The zero-order valence-corrected chi connectivity index (χ0v) is 16.6. The maximum Gasteiger partial charge on any atom is 0.123 e. The van der Waals surface area contributed by atoms with Crippen molar-refractivity contribution in [2.75, 3.05) is 6.61 Å². The molecule has 0 spiro atoms. The third-order valence-electron chi connectivity index (χ3n) is 6.99. The molecule has 3 rings (SSSR count). The van der Waals surface area contributed by atoms with Crippen molar-refractivity contribution < 1.29 is 9.13 Å². The van der Waals surface area contributed by atoms with E-state index in [-0.39, 0.29) is 5.82 Å². The standard InChI is InChI=1S/C24H37FO/c1-2-4-19-6-10-21(11-7-19)22-12-8-20(9-13-22)5-3-18-26-24-16-14-23(25)15-17-24/h14-17,19-22H,2-13,18H2,1H3/t19-,20-,21-,22-. The average Bonchev–Trinajstić information content (AvgIpc) is 2.68. The highest BCUT2D eigenvalue weighted by atomic mass is 19.1. The van der Waals surface area contributed by atoms with Gasteiger partial charge in [-0.15, -0.1) is 0 Å². The molecule has 0 N–H and O–H groups in total. The molecule has 0 aromatic heterocycles. The zero-order valence-electron chi connectivity index (χ0n) is 16.6. The summed E-state index contributed by atoms with van der Waals surface area (Å²) in [6.45, 7) is 3.09. The highest BCUT2D eigenvalue weighted by Gasteiger charge is 2.30. The SMILES string of the molecule is CCC[C@H]1CC[C@H]([C@H]2CC[C@H](CCCOc3ccc(F)cc3)CC2)CC1. The highest BCUT2D eigenvalue weighted by Crippen LogP contribution is 2.42. The molecule has 0 bridgehead atoms. The molecule has 1 aromatic rings. The van der Waals surface area contributed by atoms with Crippen molar-refractivity contribution in [2.24, 2.45) is 23.7 Å². The van der Waals surface area contributed by atoms with Crippen LogP contribution in [0.1, 0.15) is 84.0 Å². The van der Waals surface area contributed by atoms with E-state index in [4.69, 9.17) is 4.74 Å². The largest absolute Gasteiger partial charge is 0.494 e. The summed E-state index contributed by atoms with van der Waals surface area (Å²) >= 11 is 0. The van der Waals surface area contributed by atoms with Gasteiger partial charge in [-0.05, 0) is 86.5 Å². The van der Waals surface area contributed by atoms with Crippen LogP contribution in [-0.4, -0.2) is 6.61 Å². The first-order valence-electron chi connectivity index (χ1n) is 11.1. The number of ether oxygens (including phenoxy) is 1. The second-order valence-corrected chi connectivity index (χ2v) is 8.79. The summed E-state index contributed by atoms with van der Waals surface area (Å²) in [5.74, 6) is 4.57. The molecule has 2 fully saturated rings. The Labute approximate surface area is 159 Å². The van der Waals surface area contributed by atoms with Gasteiger partial charge in [0, 0.05) is 0 Å². The van der Waals surface area contributed by atoms with Crippen LogP contribution in [0.3, 0.4) is 0 Å². The fraction of sp³-hybridized carbons (Fsp3) is 0.750. The molecule has 2 aliphatic carbocycles. The minimum absolute atomic E-state index is 0.201. The summed E-state index contributed by atoms with van der Waals surface area (Å²) in [6.07, 6.45) is 17.0. The number of rotatable bonds is 8. The van der Waals surface area contributed by atoms with Crippen LogP contribution in [-0.2, 0) is 0 Å². The van der Waals surface area contributed by atoms with E-state index in [9.17, 15) is 4.39 Å². The van der Waals surface area contributed by atoms with E-state index >= 15 is 0 Å². The van der Waals surface area contributed by atoms with Gasteiger partial charge in [0.25, 0.3) is 0 Å². The van der Waals surface area contributed by atoms with Gasteiger partial charge < -0.3 is 4.74 Å². The Hall–Kier alpha value is -1.05. The second-order valence-electron chi connectivity index (χ2n) is 8.79. The van der Waals surface area contributed by atoms with Crippen molar-refractivity contribution in [3.8, 4) is 5.75 Å². The summed E-state index contributed by atoms with van der Waals surface area (Å²) in [4.78, 5) is 0. The first-order valence-corrected chi connectivity index (χ1v) is 11.1. The lowest BCUT2D eigenvalue weighted by Gasteiger charge is -2.38. The Morgan fingerprint density at radius 1 is 0.808 bits per heavy atom. The summed E-state index contributed by atoms with van der Waals surface area (Å²) in [7, 11) is 0. The first-order chi connectivity index (χ1) is 12.7. The van der Waals surface area contributed by atoms with Crippen LogP contribution < -0.4 is 4.74 Å². The molecule has 2 saturated carbocycles. The van der Waals surface area contributed by atoms with E-state index < -0.39 is 0 Å². The lowest BCUT2D eigenvalue weighted by atomic mass is 9.68. The summed E-state index contributed by atoms with van der Waals surface area (Å²) in [5.41, 5.74) is 0. The predicted octanol–water partition coefficient (Wildman–Crippen LogP) is 7.40. The summed E-state index contributed by atoms with van der Waals surface area (Å²) < 4.78 is 18.6. The molecule has 0 heterocycles. The molecule has 1 nitrogen and oxygen atoms in total.